The standard InChI is InChI=1S/C13H13NO/c1-3-5-11-14(13(15)4-2)12-9-7-6-8-10-12/h2-3,5-10H,11H2,1H3/b5-3+. The molecule has 0 unspecified atom stereocenters. The molecule has 0 saturated carbocycles. The van der Waals surface area contributed by atoms with Crippen molar-refractivity contribution in [1.29, 1.82) is 0 Å². The second-order valence-corrected chi connectivity index (χ2v) is 2.96. The van der Waals surface area contributed by atoms with Crippen molar-refractivity contribution >= 4 is 11.6 Å². The minimum absolute atomic E-state index is 0.320. The van der Waals surface area contributed by atoms with Gasteiger partial charge in [-0.1, -0.05) is 30.4 Å². The van der Waals surface area contributed by atoms with Crippen LogP contribution in [0.3, 0.4) is 0 Å². The molecule has 15 heavy (non-hydrogen) atoms. The highest BCUT2D eigenvalue weighted by molar-refractivity contribution is 6.05. The smallest absolute Gasteiger partial charge is 0.298 e. The molecule has 0 bridgehead atoms. The van der Waals surface area contributed by atoms with Gasteiger partial charge in [0, 0.05) is 12.2 Å². The van der Waals surface area contributed by atoms with Crippen molar-refractivity contribution in [2.75, 3.05) is 11.4 Å². The molecule has 1 rings (SSSR count). The number of carbonyl (C=O) groups is 1. The van der Waals surface area contributed by atoms with Gasteiger partial charge >= 0.3 is 5.91 Å². The Morgan fingerprint density at radius 1 is 1.47 bits per heavy atom. The lowest BCUT2D eigenvalue weighted by atomic mass is 10.2. The van der Waals surface area contributed by atoms with Crippen LogP contribution in [0, 0.1) is 12.3 Å². The SMILES string of the molecule is C#CC(=O)N(C/C=C/C)c1ccccc1. The number of terminal acetylenes is 1. The molecule has 0 radical (unpaired) electrons. The number of nitrogens with zero attached hydrogens (tertiary/aromatic N) is 1. The first-order valence-corrected chi connectivity index (χ1v) is 4.74. The van der Waals surface area contributed by atoms with Crippen molar-refractivity contribution in [3.05, 3.63) is 42.5 Å². The van der Waals surface area contributed by atoms with Crippen LogP contribution in [-0.2, 0) is 4.79 Å². The lowest BCUT2D eigenvalue weighted by Gasteiger charge is -2.18. The quantitative estimate of drug-likeness (QED) is 0.540. The normalized spacial score (nSPS) is 9.87. The number of rotatable bonds is 3. The first kappa shape index (κ1) is 11.1. The average Bonchev–Trinajstić information content (AvgIpc) is 2.30. The third-order valence-corrected chi connectivity index (χ3v) is 1.96. The zero-order chi connectivity index (χ0) is 11.1. The molecule has 0 fully saturated rings. The third kappa shape index (κ3) is 2.99. The molecular formula is C13H13NO. The van der Waals surface area contributed by atoms with Gasteiger partial charge in [0.25, 0.3) is 0 Å². The van der Waals surface area contributed by atoms with Crippen LogP contribution in [0.4, 0.5) is 5.69 Å². The fraction of sp³-hybridized carbons (Fsp3) is 0.154. The molecule has 0 N–H and O–H groups in total. The first-order valence-electron chi connectivity index (χ1n) is 4.74. The van der Waals surface area contributed by atoms with E-state index in [1.165, 1.54) is 0 Å². The van der Waals surface area contributed by atoms with Crippen molar-refractivity contribution in [1.82, 2.24) is 0 Å². The van der Waals surface area contributed by atoms with E-state index in [2.05, 4.69) is 5.92 Å². The number of hydrogen-bond acceptors (Lipinski definition) is 1. The molecule has 0 aromatic heterocycles. The minimum atomic E-state index is -0.320. The van der Waals surface area contributed by atoms with E-state index in [0.29, 0.717) is 6.54 Å². The highest BCUT2D eigenvalue weighted by Crippen LogP contribution is 2.12. The van der Waals surface area contributed by atoms with Gasteiger partial charge in [-0.25, -0.2) is 0 Å². The van der Waals surface area contributed by atoms with E-state index in [-0.39, 0.29) is 5.91 Å². The highest BCUT2D eigenvalue weighted by Gasteiger charge is 2.10. The van der Waals surface area contributed by atoms with Gasteiger partial charge in [-0.2, -0.15) is 0 Å². The second kappa shape index (κ2) is 5.66. The molecule has 0 aliphatic carbocycles. The van der Waals surface area contributed by atoms with Crippen molar-refractivity contribution in [3.8, 4) is 12.3 Å². The summed E-state index contributed by atoms with van der Waals surface area (Å²) in [5, 5.41) is 0. The van der Waals surface area contributed by atoms with Gasteiger partial charge in [-0.15, -0.1) is 6.42 Å². The first-order chi connectivity index (χ1) is 7.29. The van der Waals surface area contributed by atoms with Gasteiger partial charge in [0.15, 0.2) is 0 Å². The molecule has 0 aliphatic rings. The monoisotopic (exact) mass is 199 g/mol. The molecular weight excluding hydrogens is 186 g/mol. The molecule has 0 aliphatic heterocycles. The van der Waals surface area contributed by atoms with E-state index in [1.54, 1.807) is 4.90 Å². The summed E-state index contributed by atoms with van der Waals surface area (Å²) in [6.45, 7) is 2.41. The number of amides is 1. The van der Waals surface area contributed by atoms with E-state index in [4.69, 9.17) is 6.42 Å². The van der Waals surface area contributed by atoms with Gasteiger partial charge in [0.2, 0.25) is 0 Å². The molecule has 0 spiro atoms. The Hall–Kier alpha value is -2.01. The van der Waals surface area contributed by atoms with Crippen LogP contribution in [0.25, 0.3) is 0 Å². The van der Waals surface area contributed by atoms with Crippen LogP contribution in [0.15, 0.2) is 42.5 Å². The molecule has 1 amide bonds. The molecule has 1 aromatic carbocycles. The molecule has 0 atom stereocenters. The zero-order valence-electron chi connectivity index (χ0n) is 8.68. The van der Waals surface area contributed by atoms with Gasteiger partial charge in [-0.05, 0) is 25.0 Å². The molecule has 2 nitrogen and oxygen atoms in total. The van der Waals surface area contributed by atoms with Crippen LogP contribution in [0.2, 0.25) is 0 Å². The fourth-order valence-electron chi connectivity index (χ4n) is 1.20. The van der Waals surface area contributed by atoms with Gasteiger partial charge in [0.05, 0.1) is 0 Å². The van der Waals surface area contributed by atoms with Crippen molar-refractivity contribution < 1.29 is 4.79 Å². The molecule has 0 heterocycles. The number of hydrogen-bond donors (Lipinski definition) is 0. The summed E-state index contributed by atoms with van der Waals surface area (Å²) in [5.41, 5.74) is 0.818. The summed E-state index contributed by atoms with van der Waals surface area (Å²) in [5.74, 6) is 1.81. The molecule has 76 valence electrons. The van der Waals surface area contributed by atoms with Crippen molar-refractivity contribution in [2.45, 2.75) is 6.92 Å². The number of para-hydroxylation sites is 1. The van der Waals surface area contributed by atoms with Crippen molar-refractivity contribution in [2.24, 2.45) is 0 Å². The Labute approximate surface area is 90.2 Å². The largest absolute Gasteiger partial charge is 0.302 e. The third-order valence-electron chi connectivity index (χ3n) is 1.96. The maximum Gasteiger partial charge on any atom is 0.302 e. The predicted octanol–water partition coefficient (Wildman–Crippen LogP) is 2.23. The topological polar surface area (TPSA) is 20.3 Å². The van der Waals surface area contributed by atoms with E-state index < -0.39 is 0 Å². The van der Waals surface area contributed by atoms with E-state index in [1.807, 2.05) is 49.4 Å². The zero-order valence-corrected chi connectivity index (χ0v) is 8.68. The summed E-state index contributed by atoms with van der Waals surface area (Å²) in [6.07, 6.45) is 8.90. The average molecular weight is 199 g/mol. The molecule has 2 heteroatoms. The van der Waals surface area contributed by atoms with Gasteiger partial charge in [-0.3, -0.25) is 9.69 Å². The van der Waals surface area contributed by atoms with Crippen LogP contribution >= 0.6 is 0 Å². The van der Waals surface area contributed by atoms with E-state index >= 15 is 0 Å². The predicted molar refractivity (Wildman–Crippen MR) is 62.4 cm³/mol. The maximum atomic E-state index is 11.5. The van der Waals surface area contributed by atoms with Gasteiger partial charge in [0.1, 0.15) is 0 Å². The Kier molecular flexibility index (Phi) is 4.18. The Morgan fingerprint density at radius 2 is 2.13 bits per heavy atom. The Bertz CT molecular complexity index is 387. The van der Waals surface area contributed by atoms with E-state index in [9.17, 15) is 4.79 Å². The van der Waals surface area contributed by atoms with Crippen LogP contribution < -0.4 is 4.90 Å². The Balaban J connectivity index is 2.92. The summed E-state index contributed by atoms with van der Waals surface area (Å²) >= 11 is 0. The summed E-state index contributed by atoms with van der Waals surface area (Å²) < 4.78 is 0. The lowest BCUT2D eigenvalue weighted by Crippen LogP contribution is -2.29. The number of anilines is 1. The van der Waals surface area contributed by atoms with Crippen LogP contribution in [-0.4, -0.2) is 12.5 Å². The summed E-state index contributed by atoms with van der Waals surface area (Å²) in [4.78, 5) is 13.0. The summed E-state index contributed by atoms with van der Waals surface area (Å²) in [7, 11) is 0. The van der Waals surface area contributed by atoms with Crippen LogP contribution in [0.5, 0.6) is 0 Å². The van der Waals surface area contributed by atoms with Crippen molar-refractivity contribution in [3.63, 3.8) is 0 Å². The number of benzene rings is 1. The fourth-order valence-corrected chi connectivity index (χ4v) is 1.20. The highest BCUT2D eigenvalue weighted by atomic mass is 16.2. The molecule has 0 saturated heterocycles. The van der Waals surface area contributed by atoms with Crippen LogP contribution in [0.1, 0.15) is 6.92 Å². The second-order valence-electron chi connectivity index (χ2n) is 2.96. The number of carbonyl (C=O) groups excluding carboxylic acids is 1. The summed E-state index contributed by atoms with van der Waals surface area (Å²) in [6, 6.07) is 9.37. The lowest BCUT2D eigenvalue weighted by molar-refractivity contribution is -0.113. The van der Waals surface area contributed by atoms with Gasteiger partial charge < -0.3 is 0 Å². The molecule has 1 aromatic rings. The maximum absolute atomic E-state index is 11.5. The van der Waals surface area contributed by atoms with E-state index in [0.717, 1.165) is 5.69 Å². The Morgan fingerprint density at radius 3 is 2.67 bits per heavy atom. The minimum Gasteiger partial charge on any atom is -0.298 e. The number of allylic oxidation sites excluding steroid dienone is 1.